The number of amides is 1. The number of methoxy groups -OCH3 is 1. The molecule has 5 nitrogen and oxygen atoms in total. The maximum absolute atomic E-state index is 12.4. The van der Waals surface area contributed by atoms with Crippen LogP contribution in [0.3, 0.4) is 0 Å². The second-order valence-electron chi connectivity index (χ2n) is 6.57. The van der Waals surface area contributed by atoms with Crippen LogP contribution < -0.4 is 20.1 Å². The highest BCUT2D eigenvalue weighted by atomic mass is 32.1. The first-order chi connectivity index (χ1) is 14.7. The SMILES string of the molecule is COc1ccc(C(=O)NC(=S)Nc2ccccc2OCCCc2ccccc2)cc1. The third-order valence-corrected chi connectivity index (χ3v) is 4.63. The largest absolute Gasteiger partial charge is 0.497 e. The monoisotopic (exact) mass is 420 g/mol. The average Bonchev–Trinajstić information content (AvgIpc) is 2.78. The van der Waals surface area contributed by atoms with E-state index in [1.54, 1.807) is 31.4 Å². The summed E-state index contributed by atoms with van der Waals surface area (Å²) in [4.78, 5) is 12.4. The molecule has 0 radical (unpaired) electrons. The van der Waals surface area contributed by atoms with Crippen LogP contribution >= 0.6 is 12.2 Å². The number of rotatable bonds is 8. The van der Waals surface area contributed by atoms with Gasteiger partial charge >= 0.3 is 0 Å². The molecule has 0 saturated heterocycles. The van der Waals surface area contributed by atoms with Crippen molar-refractivity contribution in [2.45, 2.75) is 12.8 Å². The lowest BCUT2D eigenvalue weighted by Gasteiger charge is -2.14. The molecule has 3 aromatic carbocycles. The van der Waals surface area contributed by atoms with Crippen LogP contribution in [0.15, 0.2) is 78.9 Å². The van der Waals surface area contributed by atoms with Crippen molar-refractivity contribution in [2.24, 2.45) is 0 Å². The first-order valence-electron chi connectivity index (χ1n) is 9.68. The number of ether oxygens (including phenoxy) is 2. The molecule has 0 spiro atoms. The molecule has 0 fully saturated rings. The van der Waals surface area contributed by atoms with E-state index in [-0.39, 0.29) is 11.0 Å². The fourth-order valence-electron chi connectivity index (χ4n) is 2.87. The van der Waals surface area contributed by atoms with E-state index in [0.717, 1.165) is 12.8 Å². The maximum atomic E-state index is 12.4. The number of thiocarbonyl (C=S) groups is 1. The van der Waals surface area contributed by atoms with Crippen LogP contribution in [0, 0.1) is 0 Å². The van der Waals surface area contributed by atoms with E-state index in [9.17, 15) is 4.79 Å². The van der Waals surface area contributed by atoms with Gasteiger partial charge in [0.05, 0.1) is 19.4 Å². The van der Waals surface area contributed by atoms with Gasteiger partial charge < -0.3 is 14.8 Å². The van der Waals surface area contributed by atoms with Gasteiger partial charge in [-0.05, 0) is 67.0 Å². The molecular weight excluding hydrogens is 396 g/mol. The van der Waals surface area contributed by atoms with Gasteiger partial charge in [0.15, 0.2) is 5.11 Å². The Labute approximate surface area is 182 Å². The number of para-hydroxylation sites is 2. The molecule has 0 aliphatic heterocycles. The minimum Gasteiger partial charge on any atom is -0.497 e. The molecule has 154 valence electrons. The van der Waals surface area contributed by atoms with Crippen molar-refractivity contribution in [1.29, 1.82) is 0 Å². The smallest absolute Gasteiger partial charge is 0.257 e. The minimum atomic E-state index is -0.295. The van der Waals surface area contributed by atoms with E-state index in [0.29, 0.717) is 29.4 Å². The van der Waals surface area contributed by atoms with Gasteiger partial charge in [0.2, 0.25) is 0 Å². The predicted molar refractivity (Wildman–Crippen MR) is 123 cm³/mol. The number of anilines is 1. The van der Waals surface area contributed by atoms with E-state index in [4.69, 9.17) is 21.7 Å². The number of benzene rings is 3. The van der Waals surface area contributed by atoms with Gasteiger partial charge in [-0.3, -0.25) is 10.1 Å². The predicted octanol–water partition coefficient (Wildman–Crippen LogP) is 4.83. The van der Waals surface area contributed by atoms with Crippen molar-refractivity contribution in [2.75, 3.05) is 19.0 Å². The van der Waals surface area contributed by atoms with Crippen molar-refractivity contribution < 1.29 is 14.3 Å². The van der Waals surface area contributed by atoms with Crippen molar-refractivity contribution in [1.82, 2.24) is 5.32 Å². The molecule has 3 aromatic rings. The van der Waals surface area contributed by atoms with E-state index < -0.39 is 0 Å². The number of aryl methyl sites for hydroxylation is 1. The van der Waals surface area contributed by atoms with E-state index in [1.807, 2.05) is 42.5 Å². The third-order valence-electron chi connectivity index (χ3n) is 4.42. The number of hydrogen-bond acceptors (Lipinski definition) is 4. The zero-order chi connectivity index (χ0) is 21.2. The topological polar surface area (TPSA) is 59.6 Å². The molecule has 0 heterocycles. The van der Waals surface area contributed by atoms with E-state index in [1.165, 1.54) is 5.56 Å². The molecule has 0 saturated carbocycles. The van der Waals surface area contributed by atoms with Gasteiger partial charge in [-0.2, -0.15) is 0 Å². The minimum absolute atomic E-state index is 0.205. The molecular formula is C24H24N2O3S. The van der Waals surface area contributed by atoms with Crippen molar-refractivity contribution in [3.8, 4) is 11.5 Å². The molecule has 3 rings (SSSR count). The Balaban J connectivity index is 1.51. The van der Waals surface area contributed by atoms with Crippen LogP contribution in [0.4, 0.5) is 5.69 Å². The molecule has 1 amide bonds. The Bertz CT molecular complexity index is 975. The highest BCUT2D eigenvalue weighted by Gasteiger charge is 2.10. The molecule has 0 atom stereocenters. The number of carbonyl (C=O) groups excluding carboxylic acids is 1. The summed E-state index contributed by atoms with van der Waals surface area (Å²) in [5.74, 6) is 1.08. The Morgan fingerprint density at radius 2 is 1.63 bits per heavy atom. The quantitative estimate of drug-likeness (QED) is 0.404. The number of hydrogen-bond donors (Lipinski definition) is 2. The van der Waals surface area contributed by atoms with Gasteiger partial charge in [-0.25, -0.2) is 0 Å². The Morgan fingerprint density at radius 1 is 0.933 bits per heavy atom. The van der Waals surface area contributed by atoms with E-state index >= 15 is 0 Å². The first-order valence-corrected chi connectivity index (χ1v) is 10.1. The third kappa shape index (κ3) is 6.32. The molecule has 0 unspecified atom stereocenters. The normalized spacial score (nSPS) is 10.2. The standard InChI is InChI=1S/C24H24N2O3S/c1-28-20-15-13-19(14-16-20)23(27)26-24(30)25-21-11-5-6-12-22(21)29-17-7-10-18-8-3-2-4-9-18/h2-6,8-9,11-16H,7,10,17H2,1H3,(H2,25,26,27,30). The summed E-state index contributed by atoms with van der Waals surface area (Å²) < 4.78 is 11.0. The zero-order valence-electron chi connectivity index (χ0n) is 16.8. The highest BCUT2D eigenvalue weighted by Crippen LogP contribution is 2.24. The summed E-state index contributed by atoms with van der Waals surface area (Å²) in [7, 11) is 1.58. The molecule has 0 bridgehead atoms. The van der Waals surface area contributed by atoms with Crippen LogP contribution in [0.5, 0.6) is 11.5 Å². The van der Waals surface area contributed by atoms with Crippen molar-refractivity contribution >= 4 is 28.9 Å². The summed E-state index contributed by atoms with van der Waals surface area (Å²) in [5, 5.41) is 5.93. The fraction of sp³-hybridized carbons (Fsp3) is 0.167. The van der Waals surface area contributed by atoms with Gasteiger partial charge in [0, 0.05) is 5.56 Å². The molecule has 30 heavy (non-hydrogen) atoms. The lowest BCUT2D eigenvalue weighted by molar-refractivity contribution is 0.0977. The van der Waals surface area contributed by atoms with Crippen LogP contribution in [0.1, 0.15) is 22.3 Å². The summed E-state index contributed by atoms with van der Waals surface area (Å²) >= 11 is 5.30. The van der Waals surface area contributed by atoms with Crippen LogP contribution in [0.25, 0.3) is 0 Å². The second-order valence-corrected chi connectivity index (χ2v) is 6.98. The number of nitrogens with one attached hydrogen (secondary N) is 2. The molecule has 0 aliphatic rings. The number of carbonyl (C=O) groups is 1. The van der Waals surface area contributed by atoms with Crippen LogP contribution in [-0.4, -0.2) is 24.7 Å². The second kappa shape index (κ2) is 11.0. The highest BCUT2D eigenvalue weighted by molar-refractivity contribution is 7.80. The zero-order valence-corrected chi connectivity index (χ0v) is 17.6. The summed E-state index contributed by atoms with van der Waals surface area (Å²) in [6.07, 6.45) is 1.85. The maximum Gasteiger partial charge on any atom is 0.257 e. The van der Waals surface area contributed by atoms with Gasteiger partial charge in [0.25, 0.3) is 5.91 Å². The van der Waals surface area contributed by atoms with Gasteiger partial charge in [-0.15, -0.1) is 0 Å². The average molecular weight is 421 g/mol. The molecule has 0 aliphatic carbocycles. The van der Waals surface area contributed by atoms with Crippen molar-refractivity contribution in [3.63, 3.8) is 0 Å². The molecule has 6 heteroatoms. The Hall–Kier alpha value is -3.38. The molecule has 2 N–H and O–H groups in total. The Morgan fingerprint density at radius 3 is 2.37 bits per heavy atom. The van der Waals surface area contributed by atoms with Crippen LogP contribution in [0.2, 0.25) is 0 Å². The summed E-state index contributed by atoms with van der Waals surface area (Å²) in [6.45, 7) is 0.582. The van der Waals surface area contributed by atoms with Crippen LogP contribution in [-0.2, 0) is 6.42 Å². The molecule has 0 aromatic heterocycles. The summed E-state index contributed by atoms with van der Waals surface area (Å²) in [5.41, 5.74) is 2.48. The van der Waals surface area contributed by atoms with Gasteiger partial charge in [0.1, 0.15) is 11.5 Å². The Kier molecular flexibility index (Phi) is 7.80. The lowest BCUT2D eigenvalue weighted by Crippen LogP contribution is -2.34. The lowest BCUT2D eigenvalue weighted by atomic mass is 10.1. The first kappa shape index (κ1) is 21.3. The van der Waals surface area contributed by atoms with Gasteiger partial charge in [-0.1, -0.05) is 42.5 Å². The fourth-order valence-corrected chi connectivity index (χ4v) is 3.07. The summed E-state index contributed by atoms with van der Waals surface area (Å²) in [6, 6.07) is 24.6. The van der Waals surface area contributed by atoms with E-state index in [2.05, 4.69) is 22.8 Å². The van der Waals surface area contributed by atoms with Crippen molar-refractivity contribution in [3.05, 3.63) is 90.0 Å².